The summed E-state index contributed by atoms with van der Waals surface area (Å²) in [7, 11) is 0. The van der Waals surface area contributed by atoms with Gasteiger partial charge in [-0.1, -0.05) is 46.3 Å². The molecule has 2 atom stereocenters. The predicted octanol–water partition coefficient (Wildman–Crippen LogP) is 5.31. The Labute approximate surface area is 270 Å². The molecule has 242 valence electrons. The molecule has 11 nitrogen and oxygen atoms in total. The summed E-state index contributed by atoms with van der Waals surface area (Å²) in [5, 5.41) is 17.5. The Bertz CT molecular complexity index is 1410. The Morgan fingerprint density at radius 3 is 2.09 bits per heavy atom. The number of fused-ring (bicyclic) bond motifs is 1. The second-order valence-electron chi connectivity index (χ2n) is 9.92. The number of rotatable bonds is 15. The van der Waals surface area contributed by atoms with Crippen LogP contribution >= 0.6 is 15.9 Å². The van der Waals surface area contributed by atoms with Crippen molar-refractivity contribution in [3.05, 3.63) is 87.9 Å². The standard InChI is InChI=1S/C28H28BrNO7.C5H10O3/c1-2-34-26(28(32)33)13-19-6-9-23(10-7-19)35-17-27(31)30(15-20-4-3-5-22(29)12-20)16-21-8-11-24-25(14-21)37-18-36-24;1-3-8-4(2)5(6)7/h3-12,14,26H,2,13,15-18H2,1H3,(H,32,33);4H,3H2,1-2H3,(H,6,7)/t26-;/m0./s1. The zero-order chi connectivity index (χ0) is 32.8. The van der Waals surface area contributed by atoms with E-state index in [1.807, 2.05) is 42.5 Å². The van der Waals surface area contributed by atoms with Crippen molar-refractivity contribution >= 4 is 33.8 Å². The van der Waals surface area contributed by atoms with E-state index < -0.39 is 24.1 Å². The van der Waals surface area contributed by atoms with Gasteiger partial charge in [-0.3, -0.25) is 4.79 Å². The molecule has 0 bridgehead atoms. The number of carbonyl (C=O) groups excluding carboxylic acids is 1. The molecular formula is C33H38BrNO10. The van der Waals surface area contributed by atoms with Crippen LogP contribution in [0.15, 0.2) is 71.2 Å². The number of hydrogen-bond acceptors (Lipinski definition) is 8. The summed E-state index contributed by atoms with van der Waals surface area (Å²) < 4.78 is 27.6. The minimum atomic E-state index is -0.999. The van der Waals surface area contributed by atoms with Crippen molar-refractivity contribution in [3.63, 3.8) is 0 Å². The molecular weight excluding hydrogens is 650 g/mol. The maximum atomic E-state index is 13.3. The normalized spacial score (nSPS) is 12.8. The van der Waals surface area contributed by atoms with Gasteiger partial charge in [0, 0.05) is 37.2 Å². The van der Waals surface area contributed by atoms with Crippen molar-refractivity contribution in [3.8, 4) is 17.2 Å². The third-order valence-corrected chi connectivity index (χ3v) is 7.03. The molecule has 0 aliphatic carbocycles. The summed E-state index contributed by atoms with van der Waals surface area (Å²) in [5.74, 6) is -0.211. The minimum absolute atomic E-state index is 0.144. The zero-order valence-electron chi connectivity index (χ0n) is 25.4. The lowest BCUT2D eigenvalue weighted by atomic mass is 10.1. The van der Waals surface area contributed by atoms with Gasteiger partial charge in [0.2, 0.25) is 6.79 Å². The first kappa shape index (κ1) is 35.4. The number of ether oxygens (including phenoxy) is 5. The van der Waals surface area contributed by atoms with Crippen LogP contribution in [0.25, 0.3) is 0 Å². The van der Waals surface area contributed by atoms with E-state index in [9.17, 15) is 19.5 Å². The lowest BCUT2D eigenvalue weighted by Crippen LogP contribution is -2.34. The molecule has 3 aromatic carbocycles. The van der Waals surface area contributed by atoms with E-state index in [0.717, 1.165) is 21.2 Å². The van der Waals surface area contributed by atoms with Gasteiger partial charge >= 0.3 is 11.9 Å². The van der Waals surface area contributed by atoms with Crippen molar-refractivity contribution in [1.29, 1.82) is 0 Å². The highest BCUT2D eigenvalue weighted by Crippen LogP contribution is 2.33. The molecule has 1 aliphatic rings. The zero-order valence-corrected chi connectivity index (χ0v) is 27.0. The van der Waals surface area contributed by atoms with Crippen molar-refractivity contribution in [2.75, 3.05) is 26.6 Å². The first-order valence-corrected chi connectivity index (χ1v) is 15.2. The highest BCUT2D eigenvalue weighted by Gasteiger charge is 2.20. The Kier molecular flexibility index (Phi) is 14.1. The summed E-state index contributed by atoms with van der Waals surface area (Å²) in [6, 6.07) is 20.5. The molecule has 0 aromatic heterocycles. The molecule has 4 rings (SSSR count). The van der Waals surface area contributed by atoms with Gasteiger partial charge in [0.15, 0.2) is 30.3 Å². The average molecular weight is 689 g/mol. The number of halogens is 1. The number of carboxylic acid groups (broad SMARTS) is 2. The van der Waals surface area contributed by atoms with Crippen molar-refractivity contribution in [2.45, 2.75) is 52.5 Å². The molecule has 12 heteroatoms. The SMILES string of the molecule is CCOC(C)C(=O)O.CCO[C@@H](Cc1ccc(OCC(=O)N(Cc2cccc(Br)c2)Cc2ccc3c(c2)OCO3)cc1)C(=O)O. The van der Waals surface area contributed by atoms with Crippen LogP contribution in [0, 0.1) is 0 Å². The van der Waals surface area contributed by atoms with Crippen LogP contribution in [-0.2, 0) is 43.4 Å². The van der Waals surface area contributed by atoms with Crippen LogP contribution in [0.2, 0.25) is 0 Å². The first-order chi connectivity index (χ1) is 21.6. The molecule has 1 amide bonds. The minimum Gasteiger partial charge on any atom is -0.484 e. The van der Waals surface area contributed by atoms with E-state index in [1.165, 1.54) is 6.92 Å². The van der Waals surface area contributed by atoms with Gasteiger partial charge in [-0.25, -0.2) is 9.59 Å². The fraction of sp³-hybridized carbons (Fsp3) is 0.364. The maximum Gasteiger partial charge on any atom is 0.333 e. The van der Waals surface area contributed by atoms with Crippen LogP contribution in [-0.4, -0.2) is 71.8 Å². The van der Waals surface area contributed by atoms with E-state index in [2.05, 4.69) is 15.9 Å². The summed E-state index contributed by atoms with van der Waals surface area (Å²) in [6.07, 6.45) is -1.32. The molecule has 1 unspecified atom stereocenters. The molecule has 0 spiro atoms. The third kappa shape index (κ3) is 11.7. The van der Waals surface area contributed by atoms with Crippen LogP contribution in [0.3, 0.4) is 0 Å². The lowest BCUT2D eigenvalue weighted by Gasteiger charge is -2.23. The summed E-state index contributed by atoms with van der Waals surface area (Å²) in [4.78, 5) is 36.3. The second-order valence-corrected chi connectivity index (χ2v) is 10.8. The van der Waals surface area contributed by atoms with Crippen LogP contribution < -0.4 is 14.2 Å². The van der Waals surface area contributed by atoms with E-state index in [0.29, 0.717) is 43.6 Å². The molecule has 1 heterocycles. The molecule has 45 heavy (non-hydrogen) atoms. The Hall–Kier alpha value is -4.13. The van der Waals surface area contributed by atoms with Gasteiger partial charge in [0.25, 0.3) is 5.91 Å². The van der Waals surface area contributed by atoms with Gasteiger partial charge in [-0.15, -0.1) is 0 Å². The van der Waals surface area contributed by atoms with E-state index in [4.69, 9.17) is 28.8 Å². The third-order valence-electron chi connectivity index (χ3n) is 6.54. The van der Waals surface area contributed by atoms with Crippen LogP contribution in [0.4, 0.5) is 0 Å². The quantitative estimate of drug-likeness (QED) is 0.216. The number of benzene rings is 3. The van der Waals surface area contributed by atoms with Crippen LogP contribution in [0.5, 0.6) is 17.2 Å². The Morgan fingerprint density at radius 2 is 1.49 bits per heavy atom. The monoisotopic (exact) mass is 687 g/mol. The number of hydrogen-bond donors (Lipinski definition) is 2. The summed E-state index contributed by atoms with van der Waals surface area (Å²) >= 11 is 3.49. The van der Waals surface area contributed by atoms with Crippen molar-refractivity contribution < 1.29 is 48.3 Å². The number of nitrogens with zero attached hydrogens (tertiary/aromatic N) is 1. The second kappa shape index (κ2) is 18.0. The van der Waals surface area contributed by atoms with Gasteiger partial charge in [-0.05, 0) is 73.9 Å². The lowest BCUT2D eigenvalue weighted by molar-refractivity contribution is -0.150. The van der Waals surface area contributed by atoms with E-state index >= 15 is 0 Å². The highest BCUT2D eigenvalue weighted by molar-refractivity contribution is 9.10. The summed E-state index contributed by atoms with van der Waals surface area (Å²) in [5.41, 5.74) is 2.70. The number of carboxylic acids is 2. The molecule has 0 saturated heterocycles. The average Bonchev–Trinajstić information content (AvgIpc) is 3.48. The highest BCUT2D eigenvalue weighted by atomic mass is 79.9. The fourth-order valence-corrected chi connectivity index (χ4v) is 4.71. The smallest absolute Gasteiger partial charge is 0.333 e. The fourth-order valence-electron chi connectivity index (χ4n) is 4.26. The van der Waals surface area contributed by atoms with Gasteiger partial charge in [-0.2, -0.15) is 0 Å². The first-order valence-electron chi connectivity index (χ1n) is 14.4. The molecule has 2 N–H and O–H groups in total. The van der Waals surface area contributed by atoms with E-state index in [-0.39, 0.29) is 25.7 Å². The van der Waals surface area contributed by atoms with Crippen LogP contribution in [0.1, 0.15) is 37.5 Å². The number of amides is 1. The Morgan fingerprint density at radius 1 is 0.844 bits per heavy atom. The Balaban J connectivity index is 0.000000610. The van der Waals surface area contributed by atoms with Crippen molar-refractivity contribution in [1.82, 2.24) is 4.90 Å². The summed E-state index contributed by atoms with van der Waals surface area (Å²) in [6.45, 7) is 6.63. The molecule has 1 aliphatic heterocycles. The van der Waals surface area contributed by atoms with Gasteiger partial charge < -0.3 is 38.8 Å². The maximum absolute atomic E-state index is 13.3. The largest absolute Gasteiger partial charge is 0.484 e. The molecule has 0 radical (unpaired) electrons. The molecule has 0 saturated carbocycles. The van der Waals surface area contributed by atoms with Gasteiger partial charge in [0.05, 0.1) is 0 Å². The number of carbonyl (C=O) groups is 3. The van der Waals surface area contributed by atoms with Crippen molar-refractivity contribution in [2.24, 2.45) is 0 Å². The molecule has 0 fully saturated rings. The number of aliphatic carboxylic acids is 2. The topological polar surface area (TPSA) is 141 Å². The molecule has 3 aromatic rings. The van der Waals surface area contributed by atoms with E-state index in [1.54, 1.807) is 43.0 Å². The predicted molar refractivity (Wildman–Crippen MR) is 168 cm³/mol. The van der Waals surface area contributed by atoms with Gasteiger partial charge in [0.1, 0.15) is 5.75 Å².